The second-order valence-corrected chi connectivity index (χ2v) is 11.2. The van der Waals surface area contributed by atoms with Crippen molar-refractivity contribution in [3.63, 3.8) is 0 Å². The van der Waals surface area contributed by atoms with E-state index in [0.717, 1.165) is 5.69 Å². The highest BCUT2D eigenvalue weighted by Crippen LogP contribution is 2.59. The normalized spacial score (nSPS) is 28.5. The molecule has 1 aromatic carbocycles. The number of fused-ring (bicyclic) bond motifs is 1. The van der Waals surface area contributed by atoms with Crippen LogP contribution in [0.4, 0.5) is 5.69 Å². The van der Waals surface area contributed by atoms with Gasteiger partial charge in [0, 0.05) is 24.8 Å². The lowest BCUT2D eigenvalue weighted by molar-refractivity contribution is -0.153. The van der Waals surface area contributed by atoms with E-state index >= 15 is 0 Å². The van der Waals surface area contributed by atoms with E-state index < -0.39 is 35.6 Å². The summed E-state index contributed by atoms with van der Waals surface area (Å²) in [7, 11) is 0. The van der Waals surface area contributed by atoms with Crippen LogP contribution in [0, 0.1) is 17.8 Å². The summed E-state index contributed by atoms with van der Waals surface area (Å²) in [6.45, 7) is 15.7. The molecule has 3 saturated heterocycles. The summed E-state index contributed by atoms with van der Waals surface area (Å²) in [5, 5.41) is 10.4. The third-order valence-corrected chi connectivity index (χ3v) is 8.45. The maximum absolute atomic E-state index is 14.3. The summed E-state index contributed by atoms with van der Waals surface area (Å²) >= 11 is 0. The van der Waals surface area contributed by atoms with Gasteiger partial charge in [-0.15, -0.1) is 13.2 Å². The molecule has 2 unspecified atom stereocenters. The molecule has 8 heteroatoms. The van der Waals surface area contributed by atoms with Crippen LogP contribution in [0.25, 0.3) is 0 Å². The van der Waals surface area contributed by atoms with Gasteiger partial charge in [0.05, 0.1) is 30.6 Å². The molecule has 3 fully saturated rings. The molecule has 1 spiro atoms. The first-order chi connectivity index (χ1) is 18.1. The zero-order valence-corrected chi connectivity index (χ0v) is 23.0. The summed E-state index contributed by atoms with van der Waals surface area (Å²) in [6, 6.07) is 7.70. The van der Waals surface area contributed by atoms with Gasteiger partial charge in [0.2, 0.25) is 17.7 Å². The van der Waals surface area contributed by atoms with Gasteiger partial charge in [-0.05, 0) is 44.7 Å². The van der Waals surface area contributed by atoms with Gasteiger partial charge in [0.15, 0.2) is 0 Å². The molecule has 8 nitrogen and oxygen atoms in total. The van der Waals surface area contributed by atoms with Crippen LogP contribution in [0.5, 0.6) is 0 Å². The van der Waals surface area contributed by atoms with E-state index in [0.29, 0.717) is 19.4 Å². The number of para-hydroxylation sites is 1. The van der Waals surface area contributed by atoms with E-state index in [1.54, 1.807) is 26.9 Å². The molecule has 6 atom stereocenters. The Bertz CT molecular complexity index is 1070. The van der Waals surface area contributed by atoms with Gasteiger partial charge in [-0.2, -0.15) is 0 Å². The number of aliphatic hydroxyl groups excluding tert-OH is 1. The van der Waals surface area contributed by atoms with Gasteiger partial charge in [0.25, 0.3) is 0 Å². The number of amides is 3. The number of aliphatic hydroxyl groups is 1. The lowest BCUT2D eigenvalue weighted by Gasteiger charge is -2.41. The number of ether oxygens (including phenoxy) is 1. The number of hydrogen-bond donors (Lipinski definition) is 1. The van der Waals surface area contributed by atoms with Crippen molar-refractivity contribution in [3.8, 4) is 0 Å². The van der Waals surface area contributed by atoms with Gasteiger partial charge < -0.3 is 24.5 Å². The Morgan fingerprint density at radius 2 is 1.79 bits per heavy atom. The molecule has 1 aromatic rings. The molecule has 0 aliphatic carbocycles. The Hall–Kier alpha value is -2.97. The van der Waals surface area contributed by atoms with Crippen LogP contribution in [0.1, 0.15) is 40.5 Å². The van der Waals surface area contributed by atoms with Crippen molar-refractivity contribution in [2.24, 2.45) is 17.8 Å². The first-order valence-electron chi connectivity index (χ1n) is 13.6. The minimum atomic E-state index is -1.12. The quantitative estimate of drug-likeness (QED) is 0.451. The molecule has 2 bridgehead atoms. The highest BCUT2D eigenvalue weighted by molar-refractivity contribution is 6.03. The number of carbonyl (C=O) groups is 3. The van der Waals surface area contributed by atoms with Gasteiger partial charge >= 0.3 is 0 Å². The fraction of sp³-hybridized carbons (Fsp3) is 0.567. The topological polar surface area (TPSA) is 90.4 Å². The number of rotatable bonds is 11. The first kappa shape index (κ1) is 28.0. The number of anilines is 1. The Labute approximate surface area is 225 Å². The number of nitrogens with zero attached hydrogens (tertiary/aromatic N) is 3. The average Bonchev–Trinajstić information content (AvgIpc) is 3.53. The van der Waals surface area contributed by atoms with E-state index in [1.807, 2.05) is 58.0 Å². The van der Waals surface area contributed by atoms with Crippen molar-refractivity contribution in [2.75, 3.05) is 24.6 Å². The maximum Gasteiger partial charge on any atom is 0.248 e. The van der Waals surface area contributed by atoms with Crippen LogP contribution in [-0.2, 0) is 19.1 Å². The van der Waals surface area contributed by atoms with Crippen molar-refractivity contribution in [1.29, 1.82) is 0 Å². The molecule has 1 N–H and O–H groups in total. The minimum absolute atomic E-state index is 0.102. The zero-order chi connectivity index (χ0) is 27.8. The van der Waals surface area contributed by atoms with Crippen molar-refractivity contribution in [2.45, 2.75) is 70.4 Å². The van der Waals surface area contributed by atoms with Crippen LogP contribution < -0.4 is 4.90 Å². The van der Waals surface area contributed by atoms with E-state index in [-0.39, 0.29) is 42.8 Å². The third-order valence-electron chi connectivity index (χ3n) is 8.45. The molecule has 3 heterocycles. The van der Waals surface area contributed by atoms with Crippen molar-refractivity contribution < 1.29 is 24.2 Å². The van der Waals surface area contributed by atoms with Gasteiger partial charge in [-0.25, -0.2) is 0 Å². The Morgan fingerprint density at radius 3 is 2.34 bits per heavy atom. The lowest BCUT2D eigenvalue weighted by Crippen LogP contribution is -2.60. The SMILES string of the molecule is C=CCN(C(=O)[C@@H]1[C@@H]2CCC3(O2)C(C(=O)N(CC=C)C(C)C)N([C@@H](CO)C(C)C)C(=O)[C@H]13)c1ccccc1. The number of benzene rings is 1. The lowest BCUT2D eigenvalue weighted by atomic mass is 9.70. The highest BCUT2D eigenvalue weighted by Gasteiger charge is 2.75. The third kappa shape index (κ3) is 4.37. The second-order valence-electron chi connectivity index (χ2n) is 11.2. The molecule has 3 aliphatic heterocycles. The predicted molar refractivity (Wildman–Crippen MR) is 146 cm³/mol. The summed E-state index contributed by atoms with van der Waals surface area (Å²) in [6.07, 6.45) is 3.98. The molecular weight excluding hydrogens is 482 g/mol. The molecule has 0 saturated carbocycles. The Kier molecular flexibility index (Phi) is 8.14. The highest BCUT2D eigenvalue weighted by atomic mass is 16.5. The molecule has 3 aliphatic rings. The fourth-order valence-electron chi connectivity index (χ4n) is 6.72. The van der Waals surface area contributed by atoms with Gasteiger partial charge in [-0.3, -0.25) is 14.4 Å². The predicted octanol–water partition coefficient (Wildman–Crippen LogP) is 3.02. The summed E-state index contributed by atoms with van der Waals surface area (Å²) in [5.74, 6) is -2.35. The van der Waals surface area contributed by atoms with Crippen molar-refractivity contribution in [3.05, 3.63) is 55.6 Å². The second kappa shape index (κ2) is 11.0. The molecule has 0 aromatic heterocycles. The van der Waals surface area contributed by atoms with Crippen LogP contribution in [-0.4, -0.2) is 82.2 Å². The molecule has 4 rings (SSSR count). The van der Waals surface area contributed by atoms with Crippen LogP contribution in [0.15, 0.2) is 55.6 Å². The molecule has 206 valence electrons. The molecule has 3 amide bonds. The smallest absolute Gasteiger partial charge is 0.248 e. The van der Waals surface area contributed by atoms with E-state index in [2.05, 4.69) is 13.2 Å². The minimum Gasteiger partial charge on any atom is -0.394 e. The van der Waals surface area contributed by atoms with E-state index in [1.165, 1.54) is 0 Å². The van der Waals surface area contributed by atoms with Crippen LogP contribution >= 0.6 is 0 Å². The van der Waals surface area contributed by atoms with Crippen molar-refractivity contribution in [1.82, 2.24) is 9.80 Å². The van der Waals surface area contributed by atoms with Crippen molar-refractivity contribution >= 4 is 23.4 Å². The van der Waals surface area contributed by atoms with Crippen LogP contribution in [0.3, 0.4) is 0 Å². The van der Waals surface area contributed by atoms with E-state index in [4.69, 9.17) is 4.74 Å². The molecule has 0 radical (unpaired) electrons. The fourth-order valence-corrected chi connectivity index (χ4v) is 6.72. The Morgan fingerprint density at radius 1 is 1.13 bits per heavy atom. The standard InChI is InChI=1S/C30H41N3O5/c1-7-16-31(20(5)6)29(37)26-30-15-14-23(38-30)24(25(30)28(36)33(26)22(18-34)19(3)4)27(35)32(17-8-2)21-12-10-9-11-13-21/h7-13,19-20,22-26,34H,1-2,14-18H2,3-6H3/t22-,23-,24+,25-,26?,30?/m0/s1. The molecular formula is C30H41N3O5. The largest absolute Gasteiger partial charge is 0.394 e. The number of hydrogen-bond acceptors (Lipinski definition) is 5. The van der Waals surface area contributed by atoms with Crippen LogP contribution in [0.2, 0.25) is 0 Å². The summed E-state index contributed by atoms with van der Waals surface area (Å²) < 4.78 is 6.61. The van der Waals surface area contributed by atoms with Gasteiger partial charge in [-0.1, -0.05) is 44.2 Å². The summed E-state index contributed by atoms with van der Waals surface area (Å²) in [5.41, 5.74) is -0.400. The average molecular weight is 524 g/mol. The molecule has 38 heavy (non-hydrogen) atoms. The Balaban J connectivity index is 1.81. The number of likely N-dealkylation sites (tertiary alicyclic amines) is 1. The van der Waals surface area contributed by atoms with E-state index in [9.17, 15) is 19.5 Å². The zero-order valence-electron chi connectivity index (χ0n) is 23.0. The maximum atomic E-state index is 14.3. The number of carbonyl (C=O) groups excluding carboxylic acids is 3. The van der Waals surface area contributed by atoms with Gasteiger partial charge in [0.1, 0.15) is 11.6 Å². The first-order valence-corrected chi connectivity index (χ1v) is 13.6. The summed E-state index contributed by atoms with van der Waals surface area (Å²) in [4.78, 5) is 47.7. The monoisotopic (exact) mass is 523 g/mol.